The van der Waals surface area contributed by atoms with Gasteiger partial charge < -0.3 is 10.8 Å². The molecule has 0 saturated carbocycles. The lowest BCUT2D eigenvalue weighted by atomic mass is 10.0. The molecule has 0 unspecified atom stereocenters. The van der Waals surface area contributed by atoms with Crippen molar-refractivity contribution < 1.29 is 5.11 Å². The molecular formula is C12H10ClNO. The van der Waals surface area contributed by atoms with Crippen molar-refractivity contribution in [1.29, 1.82) is 0 Å². The summed E-state index contributed by atoms with van der Waals surface area (Å²) < 4.78 is 0. The lowest BCUT2D eigenvalue weighted by Crippen LogP contribution is -1.87. The van der Waals surface area contributed by atoms with E-state index in [1.165, 1.54) is 6.07 Å². The fourth-order valence-corrected chi connectivity index (χ4v) is 1.59. The summed E-state index contributed by atoms with van der Waals surface area (Å²) in [5, 5.41) is 10.2. The molecule has 3 heteroatoms. The van der Waals surface area contributed by atoms with Gasteiger partial charge in [0.25, 0.3) is 0 Å². The van der Waals surface area contributed by atoms with E-state index in [1.807, 2.05) is 30.3 Å². The van der Waals surface area contributed by atoms with Gasteiger partial charge in [0.05, 0.1) is 10.7 Å². The molecule has 2 aromatic rings. The second-order valence-corrected chi connectivity index (χ2v) is 3.66. The molecule has 0 aromatic heterocycles. The molecule has 2 aromatic carbocycles. The van der Waals surface area contributed by atoms with Crippen LogP contribution < -0.4 is 5.73 Å². The van der Waals surface area contributed by atoms with E-state index >= 15 is 0 Å². The third-order valence-electron chi connectivity index (χ3n) is 2.20. The van der Waals surface area contributed by atoms with Crippen molar-refractivity contribution in [2.75, 3.05) is 5.73 Å². The average Bonchev–Trinajstić information content (AvgIpc) is 2.25. The quantitative estimate of drug-likeness (QED) is 0.723. The molecule has 0 aliphatic carbocycles. The molecular weight excluding hydrogens is 210 g/mol. The van der Waals surface area contributed by atoms with Gasteiger partial charge in [-0.25, -0.2) is 0 Å². The van der Waals surface area contributed by atoms with Gasteiger partial charge in [-0.2, -0.15) is 0 Å². The van der Waals surface area contributed by atoms with Crippen LogP contribution in [0, 0.1) is 0 Å². The van der Waals surface area contributed by atoms with Crippen LogP contribution in [0.2, 0.25) is 5.02 Å². The largest absolute Gasteiger partial charge is 0.507 e. The van der Waals surface area contributed by atoms with E-state index in [2.05, 4.69) is 0 Å². The standard InChI is InChI=1S/C12H10ClNO/c13-10-6-9(12(15)7-11(10)14)8-4-2-1-3-5-8/h1-7,15H,14H2. The lowest BCUT2D eigenvalue weighted by molar-refractivity contribution is 0.477. The van der Waals surface area contributed by atoms with Crippen molar-refractivity contribution in [3.05, 3.63) is 47.5 Å². The van der Waals surface area contributed by atoms with E-state index in [0.29, 0.717) is 16.3 Å². The predicted octanol–water partition coefficient (Wildman–Crippen LogP) is 3.29. The van der Waals surface area contributed by atoms with Crippen LogP contribution in [-0.4, -0.2) is 5.11 Å². The number of hydrogen-bond donors (Lipinski definition) is 2. The highest BCUT2D eigenvalue weighted by atomic mass is 35.5. The van der Waals surface area contributed by atoms with Crippen LogP contribution in [0.25, 0.3) is 11.1 Å². The van der Waals surface area contributed by atoms with Crippen LogP contribution >= 0.6 is 11.6 Å². The van der Waals surface area contributed by atoms with Crippen molar-refractivity contribution >= 4 is 17.3 Å². The van der Waals surface area contributed by atoms with Crippen molar-refractivity contribution in [3.8, 4) is 16.9 Å². The molecule has 0 aliphatic rings. The molecule has 0 amide bonds. The Morgan fingerprint density at radius 3 is 2.40 bits per heavy atom. The van der Waals surface area contributed by atoms with E-state index in [4.69, 9.17) is 17.3 Å². The summed E-state index contributed by atoms with van der Waals surface area (Å²) in [5.74, 6) is 0.142. The molecule has 0 atom stereocenters. The molecule has 0 saturated heterocycles. The first kappa shape index (κ1) is 9.87. The van der Waals surface area contributed by atoms with E-state index in [-0.39, 0.29) is 5.75 Å². The molecule has 0 heterocycles. The van der Waals surface area contributed by atoms with Crippen molar-refractivity contribution in [1.82, 2.24) is 0 Å². The van der Waals surface area contributed by atoms with Crippen LogP contribution in [0.3, 0.4) is 0 Å². The second-order valence-electron chi connectivity index (χ2n) is 3.26. The number of hydrogen-bond acceptors (Lipinski definition) is 2. The second kappa shape index (κ2) is 3.83. The number of phenolic OH excluding ortho intramolecular Hbond substituents is 1. The molecule has 0 spiro atoms. The van der Waals surface area contributed by atoms with Crippen molar-refractivity contribution in [2.45, 2.75) is 0 Å². The van der Waals surface area contributed by atoms with Crippen LogP contribution in [0.5, 0.6) is 5.75 Å². The van der Waals surface area contributed by atoms with Gasteiger partial charge in [-0.3, -0.25) is 0 Å². The Labute approximate surface area is 92.9 Å². The van der Waals surface area contributed by atoms with Gasteiger partial charge in [0.2, 0.25) is 0 Å². The smallest absolute Gasteiger partial charge is 0.125 e. The first-order valence-corrected chi connectivity index (χ1v) is 4.89. The molecule has 2 nitrogen and oxygen atoms in total. The highest BCUT2D eigenvalue weighted by Crippen LogP contribution is 2.34. The van der Waals surface area contributed by atoms with E-state index in [9.17, 15) is 5.11 Å². The zero-order valence-electron chi connectivity index (χ0n) is 7.94. The van der Waals surface area contributed by atoms with Gasteiger partial charge in [-0.1, -0.05) is 41.9 Å². The van der Waals surface area contributed by atoms with Crippen molar-refractivity contribution in [3.63, 3.8) is 0 Å². The van der Waals surface area contributed by atoms with Gasteiger partial charge >= 0.3 is 0 Å². The van der Waals surface area contributed by atoms with Gasteiger partial charge in [-0.05, 0) is 11.6 Å². The minimum atomic E-state index is 0.142. The molecule has 2 rings (SSSR count). The Morgan fingerprint density at radius 2 is 1.73 bits per heavy atom. The summed E-state index contributed by atoms with van der Waals surface area (Å²) in [7, 11) is 0. The van der Waals surface area contributed by atoms with E-state index in [1.54, 1.807) is 6.07 Å². The topological polar surface area (TPSA) is 46.2 Å². The van der Waals surface area contributed by atoms with Gasteiger partial charge in [0.15, 0.2) is 0 Å². The number of phenols is 1. The fraction of sp³-hybridized carbons (Fsp3) is 0. The summed E-state index contributed by atoms with van der Waals surface area (Å²) in [6, 6.07) is 12.7. The highest BCUT2D eigenvalue weighted by molar-refractivity contribution is 6.33. The predicted molar refractivity (Wildman–Crippen MR) is 63.0 cm³/mol. The molecule has 0 aliphatic heterocycles. The van der Waals surface area contributed by atoms with Crippen LogP contribution in [-0.2, 0) is 0 Å². The lowest BCUT2D eigenvalue weighted by Gasteiger charge is -2.07. The summed E-state index contributed by atoms with van der Waals surface area (Å²) in [6.45, 7) is 0. The Kier molecular flexibility index (Phi) is 2.52. The van der Waals surface area contributed by atoms with Gasteiger partial charge in [-0.15, -0.1) is 0 Å². The maximum absolute atomic E-state index is 9.73. The molecule has 15 heavy (non-hydrogen) atoms. The summed E-state index contributed by atoms with van der Waals surface area (Å²) in [5.41, 5.74) is 7.56. The third-order valence-corrected chi connectivity index (χ3v) is 2.53. The number of rotatable bonds is 1. The number of nitrogen functional groups attached to an aromatic ring is 1. The van der Waals surface area contributed by atoms with Crippen LogP contribution in [0.4, 0.5) is 5.69 Å². The van der Waals surface area contributed by atoms with Gasteiger partial charge in [0.1, 0.15) is 5.75 Å². The Balaban J connectivity index is 2.59. The molecule has 0 fully saturated rings. The zero-order valence-corrected chi connectivity index (χ0v) is 8.70. The van der Waals surface area contributed by atoms with Crippen LogP contribution in [0.15, 0.2) is 42.5 Å². The summed E-state index contributed by atoms with van der Waals surface area (Å²) in [4.78, 5) is 0. The monoisotopic (exact) mass is 219 g/mol. The molecule has 3 N–H and O–H groups in total. The third kappa shape index (κ3) is 1.90. The maximum Gasteiger partial charge on any atom is 0.125 e. The highest BCUT2D eigenvalue weighted by Gasteiger charge is 2.07. The first-order chi connectivity index (χ1) is 7.18. The van der Waals surface area contributed by atoms with Gasteiger partial charge in [0, 0.05) is 11.6 Å². The number of nitrogens with two attached hydrogens (primary N) is 1. The SMILES string of the molecule is Nc1cc(O)c(-c2ccccc2)cc1Cl. The molecule has 0 bridgehead atoms. The maximum atomic E-state index is 9.73. The van der Waals surface area contributed by atoms with Crippen molar-refractivity contribution in [2.24, 2.45) is 0 Å². The minimum Gasteiger partial charge on any atom is -0.507 e. The molecule has 0 radical (unpaired) electrons. The number of anilines is 1. The zero-order chi connectivity index (χ0) is 10.8. The number of aromatic hydroxyl groups is 1. The fourth-order valence-electron chi connectivity index (χ4n) is 1.43. The normalized spacial score (nSPS) is 10.2. The average molecular weight is 220 g/mol. The van der Waals surface area contributed by atoms with E-state index < -0.39 is 0 Å². The Bertz CT molecular complexity index is 482. The number of halogens is 1. The Hall–Kier alpha value is -1.67. The summed E-state index contributed by atoms with van der Waals surface area (Å²) in [6.07, 6.45) is 0. The van der Waals surface area contributed by atoms with E-state index in [0.717, 1.165) is 5.56 Å². The minimum absolute atomic E-state index is 0.142. The Morgan fingerprint density at radius 1 is 1.07 bits per heavy atom. The molecule has 76 valence electrons. The van der Waals surface area contributed by atoms with Crippen LogP contribution in [0.1, 0.15) is 0 Å². The first-order valence-electron chi connectivity index (χ1n) is 4.52. The number of benzene rings is 2. The summed E-state index contributed by atoms with van der Waals surface area (Å²) >= 11 is 5.90.